The number of carbonyl (C=O) groups excluding carboxylic acids is 1. The first-order valence-corrected chi connectivity index (χ1v) is 6.65. The fraction of sp³-hybridized carbons (Fsp3) is 0.923. The van der Waals surface area contributed by atoms with Gasteiger partial charge in [-0.05, 0) is 31.3 Å². The second-order valence-electron chi connectivity index (χ2n) is 6.36. The van der Waals surface area contributed by atoms with Crippen LogP contribution in [0.5, 0.6) is 0 Å². The molecular formula is C13H23F3N2O. The van der Waals surface area contributed by atoms with Gasteiger partial charge in [0.05, 0.1) is 0 Å². The SMILES string of the molecule is CC(C)(C)CC(=O)N(CC(F)(F)F)C1CCNCC1. The first-order valence-electron chi connectivity index (χ1n) is 6.65. The van der Waals surface area contributed by atoms with Crippen molar-refractivity contribution in [3.05, 3.63) is 0 Å². The van der Waals surface area contributed by atoms with Crippen LogP contribution in [0.1, 0.15) is 40.0 Å². The van der Waals surface area contributed by atoms with Crippen LogP contribution in [0.15, 0.2) is 0 Å². The maximum Gasteiger partial charge on any atom is 0.406 e. The summed E-state index contributed by atoms with van der Waals surface area (Å²) in [6.45, 7) is 5.79. The van der Waals surface area contributed by atoms with Crippen LogP contribution in [-0.4, -0.2) is 42.7 Å². The first-order chi connectivity index (χ1) is 8.58. The minimum absolute atomic E-state index is 0.146. The van der Waals surface area contributed by atoms with E-state index < -0.39 is 18.6 Å². The summed E-state index contributed by atoms with van der Waals surface area (Å²) in [6.07, 6.45) is -3.01. The van der Waals surface area contributed by atoms with Gasteiger partial charge in [0.2, 0.25) is 5.91 Å². The van der Waals surface area contributed by atoms with E-state index in [9.17, 15) is 18.0 Å². The van der Waals surface area contributed by atoms with Crippen molar-refractivity contribution >= 4 is 5.91 Å². The molecule has 1 heterocycles. The van der Waals surface area contributed by atoms with Gasteiger partial charge in [-0.2, -0.15) is 13.2 Å². The van der Waals surface area contributed by atoms with Gasteiger partial charge in [0.15, 0.2) is 0 Å². The molecule has 0 unspecified atom stereocenters. The zero-order valence-electron chi connectivity index (χ0n) is 11.8. The van der Waals surface area contributed by atoms with Crippen LogP contribution >= 0.6 is 0 Å². The summed E-state index contributed by atoms with van der Waals surface area (Å²) >= 11 is 0. The predicted octanol–water partition coefficient (Wildman–Crippen LogP) is 2.57. The molecule has 1 aliphatic heterocycles. The van der Waals surface area contributed by atoms with Gasteiger partial charge < -0.3 is 10.2 Å². The number of halogens is 3. The van der Waals surface area contributed by atoms with Crippen molar-refractivity contribution in [3.8, 4) is 0 Å². The number of nitrogens with zero attached hydrogens (tertiary/aromatic N) is 1. The van der Waals surface area contributed by atoms with Gasteiger partial charge >= 0.3 is 6.18 Å². The second-order valence-corrected chi connectivity index (χ2v) is 6.36. The Morgan fingerprint density at radius 2 is 1.74 bits per heavy atom. The van der Waals surface area contributed by atoms with Crippen LogP contribution in [0.25, 0.3) is 0 Å². The molecule has 1 fully saturated rings. The Bertz CT molecular complexity index is 304. The third-order valence-corrected chi connectivity index (χ3v) is 3.10. The molecule has 1 N–H and O–H groups in total. The third-order valence-electron chi connectivity index (χ3n) is 3.10. The summed E-state index contributed by atoms with van der Waals surface area (Å²) < 4.78 is 37.9. The van der Waals surface area contributed by atoms with Crippen molar-refractivity contribution in [1.82, 2.24) is 10.2 Å². The molecule has 0 spiro atoms. The Hall–Kier alpha value is -0.780. The highest BCUT2D eigenvalue weighted by Crippen LogP contribution is 2.26. The van der Waals surface area contributed by atoms with Gasteiger partial charge in [-0.1, -0.05) is 20.8 Å². The van der Waals surface area contributed by atoms with Gasteiger partial charge in [0, 0.05) is 12.5 Å². The van der Waals surface area contributed by atoms with E-state index in [-0.39, 0.29) is 17.9 Å². The highest BCUT2D eigenvalue weighted by atomic mass is 19.4. The smallest absolute Gasteiger partial charge is 0.330 e. The molecule has 1 aliphatic rings. The molecule has 0 atom stereocenters. The molecule has 3 nitrogen and oxygen atoms in total. The van der Waals surface area contributed by atoms with Gasteiger partial charge in [-0.3, -0.25) is 4.79 Å². The van der Waals surface area contributed by atoms with Crippen LogP contribution in [0.2, 0.25) is 0 Å². The zero-order valence-corrected chi connectivity index (χ0v) is 11.8. The molecule has 0 aromatic carbocycles. The van der Waals surface area contributed by atoms with E-state index >= 15 is 0 Å². The summed E-state index contributed by atoms with van der Waals surface area (Å²) in [5, 5.41) is 3.10. The standard InChI is InChI=1S/C13H23F3N2O/c1-12(2,3)8-11(19)18(9-13(14,15)16)10-4-6-17-7-5-10/h10,17H,4-9H2,1-3H3. The fourth-order valence-corrected chi connectivity index (χ4v) is 2.29. The van der Waals surface area contributed by atoms with Crippen molar-refractivity contribution in [2.75, 3.05) is 19.6 Å². The summed E-state index contributed by atoms with van der Waals surface area (Å²) in [6, 6.07) is -0.294. The largest absolute Gasteiger partial charge is 0.406 e. The summed E-state index contributed by atoms with van der Waals surface area (Å²) in [7, 11) is 0. The number of carbonyl (C=O) groups is 1. The zero-order chi connectivity index (χ0) is 14.7. The lowest BCUT2D eigenvalue weighted by Gasteiger charge is -2.36. The Kier molecular flexibility index (Phi) is 5.24. The predicted molar refractivity (Wildman–Crippen MR) is 67.7 cm³/mol. The van der Waals surface area contributed by atoms with Gasteiger partial charge in [-0.25, -0.2) is 0 Å². The summed E-state index contributed by atoms with van der Waals surface area (Å²) in [4.78, 5) is 13.2. The fourth-order valence-electron chi connectivity index (χ4n) is 2.29. The van der Waals surface area contributed by atoms with Crippen LogP contribution in [-0.2, 0) is 4.79 Å². The van der Waals surface area contributed by atoms with Gasteiger partial charge in [0.25, 0.3) is 0 Å². The number of hydrogen-bond acceptors (Lipinski definition) is 2. The number of hydrogen-bond donors (Lipinski definition) is 1. The van der Waals surface area contributed by atoms with E-state index in [0.29, 0.717) is 25.9 Å². The highest BCUT2D eigenvalue weighted by Gasteiger charge is 2.37. The molecule has 0 aromatic heterocycles. The number of amides is 1. The van der Waals surface area contributed by atoms with E-state index in [1.54, 1.807) is 0 Å². The number of alkyl halides is 3. The molecule has 0 saturated carbocycles. The van der Waals surface area contributed by atoms with Crippen LogP contribution in [0, 0.1) is 5.41 Å². The molecule has 1 amide bonds. The molecule has 1 saturated heterocycles. The number of piperidine rings is 1. The molecule has 0 bridgehead atoms. The monoisotopic (exact) mass is 280 g/mol. The van der Waals surface area contributed by atoms with Crippen molar-refractivity contribution in [2.45, 2.75) is 52.3 Å². The second kappa shape index (κ2) is 6.11. The summed E-state index contributed by atoms with van der Waals surface area (Å²) in [5.74, 6) is -0.392. The molecule has 0 radical (unpaired) electrons. The van der Waals surface area contributed by atoms with Crippen LogP contribution in [0.3, 0.4) is 0 Å². The lowest BCUT2D eigenvalue weighted by atomic mass is 9.91. The number of rotatable bonds is 3. The topological polar surface area (TPSA) is 32.3 Å². The van der Waals surface area contributed by atoms with Gasteiger partial charge in [-0.15, -0.1) is 0 Å². The Morgan fingerprint density at radius 1 is 1.21 bits per heavy atom. The van der Waals surface area contributed by atoms with Crippen LogP contribution < -0.4 is 5.32 Å². The average Bonchev–Trinajstić information content (AvgIpc) is 2.23. The Labute approximate surface area is 112 Å². The molecule has 1 rings (SSSR count). The molecule has 0 aromatic rings. The molecular weight excluding hydrogens is 257 g/mol. The molecule has 6 heteroatoms. The maximum atomic E-state index is 12.6. The third kappa shape index (κ3) is 6.27. The quantitative estimate of drug-likeness (QED) is 0.861. The normalized spacial score (nSPS) is 18.4. The molecule has 19 heavy (non-hydrogen) atoms. The van der Waals surface area contributed by atoms with E-state index in [2.05, 4.69) is 5.32 Å². The summed E-state index contributed by atoms with van der Waals surface area (Å²) in [5.41, 5.74) is -0.298. The molecule has 112 valence electrons. The van der Waals surface area contributed by atoms with Crippen molar-refractivity contribution in [1.29, 1.82) is 0 Å². The minimum atomic E-state index is -4.33. The number of nitrogens with one attached hydrogen (secondary N) is 1. The van der Waals surface area contributed by atoms with E-state index in [1.165, 1.54) is 0 Å². The average molecular weight is 280 g/mol. The lowest BCUT2D eigenvalue weighted by molar-refractivity contribution is -0.167. The first kappa shape index (κ1) is 16.3. The van der Waals surface area contributed by atoms with E-state index in [1.807, 2.05) is 20.8 Å². The highest BCUT2D eigenvalue weighted by molar-refractivity contribution is 5.77. The Balaban J connectivity index is 2.76. The maximum absolute atomic E-state index is 12.6. The van der Waals surface area contributed by atoms with Crippen molar-refractivity contribution in [3.63, 3.8) is 0 Å². The molecule has 0 aliphatic carbocycles. The van der Waals surface area contributed by atoms with Crippen molar-refractivity contribution < 1.29 is 18.0 Å². The Morgan fingerprint density at radius 3 is 2.16 bits per heavy atom. The van der Waals surface area contributed by atoms with Crippen molar-refractivity contribution in [2.24, 2.45) is 5.41 Å². The lowest BCUT2D eigenvalue weighted by Crippen LogP contribution is -2.50. The minimum Gasteiger partial charge on any atom is -0.330 e. The van der Waals surface area contributed by atoms with E-state index in [0.717, 1.165) is 4.90 Å². The van der Waals surface area contributed by atoms with Gasteiger partial charge in [0.1, 0.15) is 6.54 Å². The van der Waals surface area contributed by atoms with Crippen LogP contribution in [0.4, 0.5) is 13.2 Å². The van der Waals surface area contributed by atoms with E-state index in [4.69, 9.17) is 0 Å².